The number of amides is 1. The molecule has 0 bridgehead atoms. The van der Waals surface area contributed by atoms with Gasteiger partial charge in [-0.2, -0.15) is 0 Å². The molecule has 0 fully saturated rings. The average Bonchev–Trinajstić information content (AvgIpc) is 2.45. The van der Waals surface area contributed by atoms with Crippen LogP contribution in [0.3, 0.4) is 0 Å². The molecule has 0 atom stereocenters. The summed E-state index contributed by atoms with van der Waals surface area (Å²) in [6, 6.07) is 0. The summed E-state index contributed by atoms with van der Waals surface area (Å²) in [5.41, 5.74) is -0.430. The molecule has 6 nitrogen and oxygen atoms in total. The maximum Gasteiger partial charge on any atom is 0.322 e. The quantitative estimate of drug-likeness (QED) is 0.591. The van der Waals surface area contributed by atoms with E-state index in [9.17, 15) is 20.0 Å². The second kappa shape index (κ2) is 3.62. The summed E-state index contributed by atoms with van der Waals surface area (Å²) in [6.07, 6.45) is 0. The van der Waals surface area contributed by atoms with E-state index in [4.69, 9.17) is 0 Å². The zero-order chi connectivity index (χ0) is 10.9. The Morgan fingerprint density at radius 1 is 1.64 bits per heavy atom. The standard InChI is InChI=1S/C7H8N2O4S/c1-8(2)7(11)6-5(10)4(3-14-6)9(12)13/h3,10H,1-2H3. The van der Waals surface area contributed by atoms with E-state index in [0.29, 0.717) is 0 Å². The molecule has 7 heteroatoms. The number of rotatable bonds is 2. The van der Waals surface area contributed by atoms with Crippen molar-refractivity contribution in [2.24, 2.45) is 0 Å². The third kappa shape index (κ3) is 1.67. The van der Waals surface area contributed by atoms with E-state index in [2.05, 4.69) is 0 Å². The summed E-state index contributed by atoms with van der Waals surface area (Å²) >= 11 is 0.858. The molecule has 0 saturated carbocycles. The summed E-state index contributed by atoms with van der Waals surface area (Å²) in [5, 5.41) is 20.8. The van der Waals surface area contributed by atoms with Crippen LogP contribution < -0.4 is 0 Å². The number of nitrogens with zero attached hydrogens (tertiary/aromatic N) is 2. The number of aromatic hydroxyl groups is 1. The van der Waals surface area contributed by atoms with Gasteiger partial charge in [-0.1, -0.05) is 0 Å². The van der Waals surface area contributed by atoms with Gasteiger partial charge >= 0.3 is 5.69 Å². The predicted octanol–water partition coefficient (Wildman–Crippen LogP) is 1.06. The third-order valence-corrected chi connectivity index (χ3v) is 2.49. The lowest BCUT2D eigenvalue weighted by atomic mass is 10.3. The molecule has 0 spiro atoms. The maximum absolute atomic E-state index is 11.4. The van der Waals surface area contributed by atoms with Gasteiger partial charge in [-0.25, -0.2) is 0 Å². The van der Waals surface area contributed by atoms with Crippen molar-refractivity contribution in [2.45, 2.75) is 0 Å². The molecule has 1 rings (SSSR count). The highest BCUT2D eigenvalue weighted by Gasteiger charge is 2.25. The molecule has 0 radical (unpaired) electrons. The molecule has 0 saturated heterocycles. The van der Waals surface area contributed by atoms with E-state index >= 15 is 0 Å². The highest BCUT2D eigenvalue weighted by molar-refractivity contribution is 7.12. The Balaban J connectivity index is 3.13. The molecule has 1 aromatic rings. The average molecular weight is 216 g/mol. The van der Waals surface area contributed by atoms with Crippen LogP contribution in [0.5, 0.6) is 5.75 Å². The van der Waals surface area contributed by atoms with Crippen molar-refractivity contribution < 1.29 is 14.8 Å². The van der Waals surface area contributed by atoms with Crippen LogP contribution in [0.15, 0.2) is 5.38 Å². The minimum atomic E-state index is -0.724. The molecule has 1 heterocycles. The van der Waals surface area contributed by atoms with Gasteiger partial charge in [-0.3, -0.25) is 14.9 Å². The Labute approximate surface area is 83.5 Å². The maximum atomic E-state index is 11.4. The first-order valence-corrected chi connectivity index (χ1v) is 4.49. The van der Waals surface area contributed by atoms with Crippen molar-refractivity contribution in [3.05, 3.63) is 20.4 Å². The van der Waals surface area contributed by atoms with Gasteiger partial charge in [0.05, 0.1) is 10.3 Å². The molecule has 1 aromatic heterocycles. The van der Waals surface area contributed by atoms with Crippen molar-refractivity contribution in [3.8, 4) is 5.75 Å². The van der Waals surface area contributed by atoms with E-state index < -0.39 is 22.3 Å². The number of carbonyl (C=O) groups is 1. The predicted molar refractivity (Wildman–Crippen MR) is 50.7 cm³/mol. The van der Waals surface area contributed by atoms with Crippen LogP contribution in [-0.4, -0.2) is 34.9 Å². The topological polar surface area (TPSA) is 83.7 Å². The molecule has 1 amide bonds. The van der Waals surface area contributed by atoms with E-state index in [-0.39, 0.29) is 4.88 Å². The van der Waals surface area contributed by atoms with Gasteiger partial charge in [0.1, 0.15) is 4.88 Å². The smallest absolute Gasteiger partial charge is 0.322 e. The minimum Gasteiger partial charge on any atom is -0.501 e. The van der Waals surface area contributed by atoms with Crippen molar-refractivity contribution >= 4 is 22.9 Å². The van der Waals surface area contributed by atoms with E-state index in [1.807, 2.05) is 0 Å². The second-order valence-electron chi connectivity index (χ2n) is 2.76. The van der Waals surface area contributed by atoms with Crippen LogP contribution in [0.2, 0.25) is 0 Å². The molecule has 0 aliphatic heterocycles. The normalized spacial score (nSPS) is 9.86. The van der Waals surface area contributed by atoms with E-state index in [0.717, 1.165) is 16.7 Å². The Bertz CT molecular complexity index is 385. The first-order chi connectivity index (χ1) is 6.45. The summed E-state index contributed by atoms with van der Waals surface area (Å²) in [5.74, 6) is -1.00. The monoisotopic (exact) mass is 216 g/mol. The fourth-order valence-electron chi connectivity index (χ4n) is 0.827. The minimum absolute atomic E-state index is 0.0123. The summed E-state index contributed by atoms with van der Waals surface area (Å²) in [4.78, 5) is 22.2. The first kappa shape index (κ1) is 10.5. The van der Waals surface area contributed by atoms with Gasteiger partial charge in [0, 0.05) is 14.1 Å². The molecule has 14 heavy (non-hydrogen) atoms. The number of thiophene rings is 1. The fraction of sp³-hybridized carbons (Fsp3) is 0.286. The second-order valence-corrected chi connectivity index (χ2v) is 3.64. The summed E-state index contributed by atoms with van der Waals surface area (Å²) in [7, 11) is 3.01. The van der Waals surface area contributed by atoms with Crippen LogP contribution in [-0.2, 0) is 0 Å². The Morgan fingerprint density at radius 2 is 2.21 bits per heavy atom. The van der Waals surface area contributed by atoms with Crippen molar-refractivity contribution in [1.82, 2.24) is 4.90 Å². The van der Waals surface area contributed by atoms with Gasteiger partial charge in [-0.15, -0.1) is 11.3 Å². The Morgan fingerprint density at radius 3 is 2.57 bits per heavy atom. The van der Waals surface area contributed by atoms with Crippen LogP contribution in [0.4, 0.5) is 5.69 Å². The number of hydrogen-bond acceptors (Lipinski definition) is 5. The Hall–Kier alpha value is -1.63. The molecule has 0 aliphatic carbocycles. The fourth-order valence-corrected chi connectivity index (χ4v) is 1.75. The molecule has 1 N–H and O–H groups in total. The molecule has 0 unspecified atom stereocenters. The highest BCUT2D eigenvalue weighted by atomic mass is 32.1. The van der Waals surface area contributed by atoms with E-state index in [1.54, 1.807) is 0 Å². The number of hydrogen-bond donors (Lipinski definition) is 1. The number of carbonyl (C=O) groups excluding carboxylic acids is 1. The zero-order valence-electron chi connectivity index (χ0n) is 7.55. The molecular weight excluding hydrogens is 208 g/mol. The molecular formula is C7H8N2O4S. The van der Waals surface area contributed by atoms with Crippen LogP contribution in [0.1, 0.15) is 9.67 Å². The lowest BCUT2D eigenvalue weighted by Crippen LogP contribution is -2.20. The van der Waals surface area contributed by atoms with Gasteiger partial charge in [-0.05, 0) is 0 Å². The molecule has 76 valence electrons. The van der Waals surface area contributed by atoms with Crippen molar-refractivity contribution in [1.29, 1.82) is 0 Å². The molecule has 0 aliphatic rings. The van der Waals surface area contributed by atoms with Gasteiger partial charge in [0.2, 0.25) is 5.75 Å². The van der Waals surface area contributed by atoms with Gasteiger partial charge < -0.3 is 10.0 Å². The van der Waals surface area contributed by atoms with Crippen LogP contribution >= 0.6 is 11.3 Å². The van der Waals surface area contributed by atoms with Crippen LogP contribution in [0.25, 0.3) is 0 Å². The molecule has 0 aromatic carbocycles. The first-order valence-electron chi connectivity index (χ1n) is 3.61. The zero-order valence-corrected chi connectivity index (χ0v) is 8.37. The highest BCUT2D eigenvalue weighted by Crippen LogP contribution is 2.35. The summed E-state index contributed by atoms with van der Waals surface area (Å²) < 4.78 is 0. The lowest BCUT2D eigenvalue weighted by molar-refractivity contribution is -0.385. The van der Waals surface area contributed by atoms with Crippen LogP contribution in [0, 0.1) is 10.1 Å². The van der Waals surface area contributed by atoms with Crippen molar-refractivity contribution in [2.75, 3.05) is 14.1 Å². The van der Waals surface area contributed by atoms with Gasteiger partial charge in [0.25, 0.3) is 5.91 Å². The lowest BCUT2D eigenvalue weighted by Gasteiger charge is -2.07. The van der Waals surface area contributed by atoms with Crippen molar-refractivity contribution in [3.63, 3.8) is 0 Å². The van der Waals surface area contributed by atoms with E-state index in [1.165, 1.54) is 19.0 Å². The Kier molecular flexibility index (Phi) is 2.70. The SMILES string of the molecule is CN(C)C(=O)c1scc([N+](=O)[O-])c1O. The summed E-state index contributed by atoms with van der Waals surface area (Å²) in [6.45, 7) is 0. The van der Waals surface area contributed by atoms with Gasteiger partial charge in [0.15, 0.2) is 0 Å². The largest absolute Gasteiger partial charge is 0.501 e. The number of nitro groups is 1. The third-order valence-electron chi connectivity index (χ3n) is 1.54.